The monoisotopic (exact) mass is 489 g/mol. The second kappa shape index (κ2) is 11.0. The highest BCUT2D eigenvalue weighted by atomic mass is 16.5. The number of hydrogen-bond donors (Lipinski definition) is 1. The van der Waals surface area contributed by atoms with Crippen LogP contribution < -0.4 is 14.8 Å². The van der Waals surface area contributed by atoms with Gasteiger partial charge in [-0.2, -0.15) is 0 Å². The predicted octanol–water partition coefficient (Wildman–Crippen LogP) is 5.80. The van der Waals surface area contributed by atoms with E-state index in [1.54, 1.807) is 7.11 Å². The molecule has 0 amide bonds. The first-order chi connectivity index (χ1) is 17.4. The number of allylic oxidation sites excluding steroid dienone is 3. The molecule has 36 heavy (non-hydrogen) atoms. The average Bonchev–Trinajstić information content (AvgIpc) is 2.88. The van der Waals surface area contributed by atoms with E-state index in [-0.39, 0.29) is 23.8 Å². The summed E-state index contributed by atoms with van der Waals surface area (Å²) in [6, 6.07) is 15.6. The summed E-state index contributed by atoms with van der Waals surface area (Å²) in [6.45, 7) is 8.25. The molecule has 2 aliphatic rings. The van der Waals surface area contributed by atoms with E-state index in [9.17, 15) is 9.59 Å². The number of dihydropyridines is 1. The van der Waals surface area contributed by atoms with Crippen molar-refractivity contribution in [1.82, 2.24) is 5.32 Å². The second-order valence-electron chi connectivity index (χ2n) is 9.42. The van der Waals surface area contributed by atoms with Gasteiger partial charge in [0.1, 0.15) is 11.5 Å². The third-order valence-electron chi connectivity index (χ3n) is 7.04. The van der Waals surface area contributed by atoms with Crippen LogP contribution in [0.1, 0.15) is 69.9 Å². The lowest BCUT2D eigenvalue weighted by Gasteiger charge is -2.37. The first-order valence-corrected chi connectivity index (χ1v) is 12.7. The lowest BCUT2D eigenvalue weighted by Crippen LogP contribution is -2.36. The van der Waals surface area contributed by atoms with Gasteiger partial charge in [-0.25, -0.2) is 4.79 Å². The highest BCUT2D eigenvalue weighted by Crippen LogP contribution is 2.46. The van der Waals surface area contributed by atoms with E-state index in [0.29, 0.717) is 30.6 Å². The van der Waals surface area contributed by atoms with Gasteiger partial charge in [0.25, 0.3) is 0 Å². The standard InChI is InChI=1S/C30H35NO5/c1-6-18(3)36-30(33)27-19(4)31-25-16-22(20-8-12-23(34-5)13-9-20)17-26(32)29(25)28(27)21-10-14-24(15-11-21)35-7-2/h8-15,18,22,28,31H,6-7,16-17H2,1-5H3/t18-,22+,28-/m1/s1. The number of carbonyl (C=O) groups is 2. The third kappa shape index (κ3) is 5.18. The van der Waals surface area contributed by atoms with Crippen molar-refractivity contribution >= 4 is 11.8 Å². The quantitative estimate of drug-likeness (QED) is 0.473. The van der Waals surface area contributed by atoms with Crippen LogP contribution in [0.3, 0.4) is 0 Å². The number of ketones is 1. The van der Waals surface area contributed by atoms with Gasteiger partial charge in [0.15, 0.2) is 5.78 Å². The molecule has 2 aromatic carbocycles. The van der Waals surface area contributed by atoms with E-state index < -0.39 is 5.92 Å². The van der Waals surface area contributed by atoms with Gasteiger partial charge in [-0.05, 0) is 74.9 Å². The van der Waals surface area contributed by atoms with E-state index in [1.165, 1.54) is 0 Å². The zero-order valence-electron chi connectivity index (χ0n) is 21.7. The van der Waals surface area contributed by atoms with Crippen LogP contribution in [0.2, 0.25) is 0 Å². The minimum atomic E-state index is -0.488. The van der Waals surface area contributed by atoms with Crippen molar-refractivity contribution in [2.45, 2.75) is 64.9 Å². The molecule has 0 saturated heterocycles. The minimum Gasteiger partial charge on any atom is -0.497 e. The Morgan fingerprint density at radius 1 is 1.00 bits per heavy atom. The number of benzene rings is 2. The molecule has 1 heterocycles. The normalized spacial score (nSPS) is 20.4. The zero-order chi connectivity index (χ0) is 25.8. The molecule has 0 fully saturated rings. The van der Waals surface area contributed by atoms with Crippen LogP contribution >= 0.6 is 0 Å². The summed E-state index contributed by atoms with van der Waals surface area (Å²) in [6.07, 6.45) is 1.57. The lowest BCUT2D eigenvalue weighted by molar-refractivity contribution is -0.144. The van der Waals surface area contributed by atoms with Gasteiger partial charge in [-0.3, -0.25) is 4.79 Å². The fourth-order valence-electron chi connectivity index (χ4n) is 5.01. The maximum absolute atomic E-state index is 13.7. The highest BCUT2D eigenvalue weighted by Gasteiger charge is 2.41. The maximum atomic E-state index is 13.7. The lowest BCUT2D eigenvalue weighted by atomic mass is 9.71. The van der Waals surface area contributed by atoms with Crippen molar-refractivity contribution in [3.05, 3.63) is 82.2 Å². The summed E-state index contributed by atoms with van der Waals surface area (Å²) in [5.74, 6) is 0.767. The number of carbonyl (C=O) groups excluding carboxylic acids is 2. The van der Waals surface area contributed by atoms with E-state index in [2.05, 4.69) is 5.32 Å². The minimum absolute atomic E-state index is 0.0461. The summed E-state index contributed by atoms with van der Waals surface area (Å²) < 4.78 is 16.6. The van der Waals surface area contributed by atoms with E-state index in [0.717, 1.165) is 40.4 Å². The van der Waals surface area contributed by atoms with Crippen LogP contribution in [-0.2, 0) is 14.3 Å². The van der Waals surface area contributed by atoms with E-state index >= 15 is 0 Å². The molecule has 1 aliphatic carbocycles. The zero-order valence-corrected chi connectivity index (χ0v) is 21.7. The molecular weight excluding hydrogens is 454 g/mol. The van der Waals surface area contributed by atoms with Crippen molar-refractivity contribution in [1.29, 1.82) is 0 Å². The third-order valence-corrected chi connectivity index (χ3v) is 7.04. The molecule has 0 aromatic heterocycles. The number of rotatable bonds is 8. The SMILES string of the molecule is CCOc1ccc([C@@H]2C(C(=O)O[C@H](C)CC)=C(C)NC3=C2C(=O)C[C@@H](c2ccc(OC)cc2)C3)cc1. The number of methoxy groups -OCH3 is 1. The number of Topliss-reactive ketones (excluding diaryl/α,β-unsaturated/α-hetero) is 1. The molecule has 0 spiro atoms. The Morgan fingerprint density at radius 3 is 2.25 bits per heavy atom. The smallest absolute Gasteiger partial charge is 0.337 e. The van der Waals surface area contributed by atoms with Crippen LogP contribution in [0, 0.1) is 0 Å². The molecule has 6 nitrogen and oxygen atoms in total. The topological polar surface area (TPSA) is 73.9 Å². The molecule has 2 aromatic rings. The van der Waals surface area contributed by atoms with Gasteiger partial charge in [0.05, 0.1) is 25.4 Å². The van der Waals surface area contributed by atoms with Crippen molar-refractivity contribution in [2.24, 2.45) is 0 Å². The maximum Gasteiger partial charge on any atom is 0.337 e. The van der Waals surface area contributed by atoms with Gasteiger partial charge < -0.3 is 19.5 Å². The van der Waals surface area contributed by atoms with Crippen molar-refractivity contribution in [3.8, 4) is 11.5 Å². The van der Waals surface area contributed by atoms with Crippen LogP contribution in [-0.4, -0.2) is 31.6 Å². The fraction of sp³-hybridized carbons (Fsp3) is 0.400. The largest absolute Gasteiger partial charge is 0.497 e. The molecule has 1 aliphatic heterocycles. The Balaban J connectivity index is 1.74. The highest BCUT2D eigenvalue weighted by molar-refractivity contribution is 6.04. The van der Waals surface area contributed by atoms with Gasteiger partial charge in [0, 0.05) is 29.3 Å². The Kier molecular flexibility index (Phi) is 7.82. The molecule has 4 rings (SSSR count). The Bertz CT molecular complexity index is 1180. The Labute approximate surface area is 213 Å². The fourth-order valence-corrected chi connectivity index (χ4v) is 5.01. The molecule has 0 radical (unpaired) electrons. The molecule has 1 N–H and O–H groups in total. The van der Waals surface area contributed by atoms with Crippen molar-refractivity contribution in [2.75, 3.05) is 13.7 Å². The molecular formula is C30H35NO5. The second-order valence-corrected chi connectivity index (χ2v) is 9.42. The number of nitrogens with one attached hydrogen (secondary N) is 1. The van der Waals surface area contributed by atoms with E-state index in [4.69, 9.17) is 14.2 Å². The number of hydrogen-bond acceptors (Lipinski definition) is 6. The molecule has 6 heteroatoms. The predicted molar refractivity (Wildman–Crippen MR) is 139 cm³/mol. The molecule has 3 atom stereocenters. The van der Waals surface area contributed by atoms with Crippen LogP contribution in [0.5, 0.6) is 11.5 Å². The van der Waals surface area contributed by atoms with Crippen molar-refractivity contribution in [3.63, 3.8) is 0 Å². The molecule has 0 unspecified atom stereocenters. The first kappa shape index (κ1) is 25.5. The summed E-state index contributed by atoms with van der Waals surface area (Å²) in [4.78, 5) is 27.1. The van der Waals surface area contributed by atoms with Gasteiger partial charge >= 0.3 is 5.97 Å². The Morgan fingerprint density at radius 2 is 1.64 bits per heavy atom. The number of ether oxygens (including phenoxy) is 3. The molecule has 190 valence electrons. The summed E-state index contributed by atoms with van der Waals surface area (Å²) in [7, 11) is 1.64. The van der Waals surface area contributed by atoms with Gasteiger partial charge in [-0.1, -0.05) is 31.2 Å². The van der Waals surface area contributed by atoms with Crippen LogP contribution in [0.15, 0.2) is 71.1 Å². The van der Waals surface area contributed by atoms with Crippen LogP contribution in [0.4, 0.5) is 0 Å². The first-order valence-electron chi connectivity index (χ1n) is 12.7. The van der Waals surface area contributed by atoms with Crippen LogP contribution in [0.25, 0.3) is 0 Å². The molecule has 0 saturated carbocycles. The van der Waals surface area contributed by atoms with Gasteiger partial charge in [-0.15, -0.1) is 0 Å². The molecule has 0 bridgehead atoms. The Hall–Kier alpha value is -3.54. The summed E-state index contributed by atoms with van der Waals surface area (Å²) in [5.41, 5.74) is 4.73. The van der Waals surface area contributed by atoms with Crippen molar-refractivity contribution < 1.29 is 23.8 Å². The number of esters is 1. The van der Waals surface area contributed by atoms with E-state index in [1.807, 2.05) is 76.2 Å². The summed E-state index contributed by atoms with van der Waals surface area (Å²) in [5, 5.41) is 3.41. The average molecular weight is 490 g/mol. The van der Waals surface area contributed by atoms with Gasteiger partial charge in [0.2, 0.25) is 0 Å². The summed E-state index contributed by atoms with van der Waals surface area (Å²) >= 11 is 0.